The highest BCUT2D eigenvalue weighted by Gasteiger charge is 2.21. The van der Waals surface area contributed by atoms with Crippen molar-refractivity contribution in [2.45, 2.75) is 38.6 Å². The van der Waals surface area contributed by atoms with Gasteiger partial charge in [0.05, 0.1) is 11.4 Å². The van der Waals surface area contributed by atoms with E-state index >= 15 is 0 Å². The molecule has 1 atom stereocenters. The van der Waals surface area contributed by atoms with E-state index in [0.29, 0.717) is 0 Å². The van der Waals surface area contributed by atoms with E-state index in [2.05, 4.69) is 28.3 Å². The number of nitrogens with zero attached hydrogens (tertiary/aromatic N) is 2. The van der Waals surface area contributed by atoms with Gasteiger partial charge in [-0.15, -0.1) is 22.7 Å². The predicted octanol–water partition coefficient (Wildman–Crippen LogP) is 4.65. The Morgan fingerprint density at radius 1 is 1.21 bits per heavy atom. The summed E-state index contributed by atoms with van der Waals surface area (Å²) in [5, 5.41) is 4.82. The maximum atomic E-state index is 12.7. The minimum Gasteiger partial charge on any atom is -0.309 e. The van der Waals surface area contributed by atoms with Gasteiger partial charge in [0, 0.05) is 15.8 Å². The molecular formula is C18H21N3OS2. The Balaban J connectivity index is 1.72. The van der Waals surface area contributed by atoms with Crippen LogP contribution in [0.5, 0.6) is 0 Å². The fourth-order valence-electron chi connectivity index (χ4n) is 3.43. The Labute approximate surface area is 149 Å². The fraction of sp³-hybridized carbons (Fsp3) is 0.444. The molecule has 0 radical (unpaired) electrons. The van der Waals surface area contributed by atoms with Crippen LogP contribution in [-0.4, -0.2) is 28.0 Å². The Morgan fingerprint density at radius 3 is 2.71 bits per heavy atom. The molecule has 1 N–H and O–H groups in total. The first-order valence-electron chi connectivity index (χ1n) is 8.53. The Hall–Kier alpha value is -1.50. The van der Waals surface area contributed by atoms with Crippen LogP contribution in [0.15, 0.2) is 27.7 Å². The molecule has 0 bridgehead atoms. The largest absolute Gasteiger partial charge is 0.309 e. The third-order valence-corrected chi connectivity index (χ3v) is 6.61. The first kappa shape index (κ1) is 16.0. The van der Waals surface area contributed by atoms with Gasteiger partial charge in [-0.05, 0) is 44.3 Å². The summed E-state index contributed by atoms with van der Waals surface area (Å²) in [5.74, 6) is 0.800. The van der Waals surface area contributed by atoms with Gasteiger partial charge < -0.3 is 4.98 Å². The molecule has 1 aliphatic rings. The lowest BCUT2D eigenvalue weighted by Crippen LogP contribution is -2.30. The van der Waals surface area contributed by atoms with E-state index in [0.717, 1.165) is 39.6 Å². The second-order valence-corrected chi connectivity index (χ2v) is 8.19. The number of thiophene rings is 2. The van der Waals surface area contributed by atoms with Crippen LogP contribution in [-0.2, 0) is 0 Å². The van der Waals surface area contributed by atoms with E-state index in [1.54, 1.807) is 22.7 Å². The van der Waals surface area contributed by atoms with Gasteiger partial charge in [-0.2, -0.15) is 0 Å². The van der Waals surface area contributed by atoms with Crippen LogP contribution in [0.3, 0.4) is 0 Å². The Bertz CT molecular complexity index is 873. The molecule has 24 heavy (non-hydrogen) atoms. The van der Waals surface area contributed by atoms with Gasteiger partial charge in [-0.25, -0.2) is 4.98 Å². The summed E-state index contributed by atoms with van der Waals surface area (Å²) in [6.45, 7) is 4.34. The lowest BCUT2D eigenvalue weighted by atomic mass is 10.2. The molecule has 0 saturated carbocycles. The van der Waals surface area contributed by atoms with E-state index in [-0.39, 0.29) is 11.6 Å². The molecule has 126 valence electrons. The summed E-state index contributed by atoms with van der Waals surface area (Å²) in [6, 6.07) is 4.23. The van der Waals surface area contributed by atoms with Gasteiger partial charge in [-0.1, -0.05) is 18.9 Å². The van der Waals surface area contributed by atoms with Gasteiger partial charge in [0.25, 0.3) is 5.56 Å². The average Bonchev–Trinajstić information content (AvgIpc) is 3.17. The normalized spacial score (nSPS) is 17.9. The monoisotopic (exact) mass is 359 g/mol. The van der Waals surface area contributed by atoms with Crippen molar-refractivity contribution < 1.29 is 0 Å². The molecule has 1 aliphatic heterocycles. The lowest BCUT2D eigenvalue weighted by Gasteiger charge is -2.26. The van der Waals surface area contributed by atoms with Crippen LogP contribution >= 0.6 is 22.7 Å². The zero-order valence-corrected chi connectivity index (χ0v) is 15.4. The summed E-state index contributed by atoms with van der Waals surface area (Å²) < 4.78 is 0. The molecule has 4 heterocycles. The van der Waals surface area contributed by atoms with Crippen molar-refractivity contribution in [1.82, 2.24) is 14.9 Å². The standard InChI is InChI=1S/C18H21N3OS2/c1-12(21-8-4-2-3-5-9-21)16-19-17(22)15-13(11-24-18(15)20-16)14-7-6-10-23-14/h6-7,10-12H,2-5,8-9H2,1H3,(H,19,20,22)/t12-/m1/s1. The fourth-order valence-corrected chi connectivity index (χ4v) is 5.20. The van der Waals surface area contributed by atoms with Crippen LogP contribution < -0.4 is 5.56 Å². The summed E-state index contributed by atoms with van der Waals surface area (Å²) >= 11 is 3.22. The molecule has 0 unspecified atom stereocenters. The van der Waals surface area contributed by atoms with Crippen molar-refractivity contribution in [2.75, 3.05) is 13.1 Å². The maximum absolute atomic E-state index is 12.7. The third kappa shape index (κ3) is 2.94. The minimum absolute atomic E-state index is 0.0127. The quantitative estimate of drug-likeness (QED) is 0.740. The number of nitrogens with one attached hydrogen (secondary N) is 1. The highest BCUT2D eigenvalue weighted by molar-refractivity contribution is 7.18. The van der Waals surface area contributed by atoms with E-state index in [1.165, 1.54) is 25.7 Å². The first-order chi connectivity index (χ1) is 11.7. The Kier molecular flexibility index (Phi) is 4.52. The molecular weight excluding hydrogens is 338 g/mol. The van der Waals surface area contributed by atoms with Crippen molar-refractivity contribution in [3.8, 4) is 10.4 Å². The van der Waals surface area contributed by atoms with Crippen LogP contribution in [0.1, 0.15) is 44.5 Å². The van der Waals surface area contributed by atoms with Crippen molar-refractivity contribution in [3.05, 3.63) is 39.1 Å². The zero-order chi connectivity index (χ0) is 16.5. The van der Waals surface area contributed by atoms with Gasteiger partial charge in [0.1, 0.15) is 10.7 Å². The number of aromatic amines is 1. The van der Waals surface area contributed by atoms with Crippen LogP contribution in [0.25, 0.3) is 20.7 Å². The van der Waals surface area contributed by atoms with Gasteiger partial charge in [0.15, 0.2) is 0 Å². The molecule has 0 amide bonds. The number of H-pyrrole nitrogens is 1. The molecule has 1 fully saturated rings. The molecule has 3 aromatic rings. The SMILES string of the molecule is C[C@H](c1nc2scc(-c3cccs3)c2c(=O)[nH]1)N1CCCCCC1. The zero-order valence-electron chi connectivity index (χ0n) is 13.7. The average molecular weight is 360 g/mol. The summed E-state index contributed by atoms with van der Waals surface area (Å²) in [4.78, 5) is 25.0. The molecule has 0 aliphatic carbocycles. The van der Waals surface area contributed by atoms with Crippen molar-refractivity contribution in [2.24, 2.45) is 0 Å². The van der Waals surface area contributed by atoms with E-state index in [4.69, 9.17) is 4.98 Å². The van der Waals surface area contributed by atoms with Crippen molar-refractivity contribution in [3.63, 3.8) is 0 Å². The van der Waals surface area contributed by atoms with Crippen molar-refractivity contribution in [1.29, 1.82) is 0 Å². The number of hydrogen-bond acceptors (Lipinski definition) is 5. The first-order valence-corrected chi connectivity index (χ1v) is 10.3. The van der Waals surface area contributed by atoms with Gasteiger partial charge in [-0.3, -0.25) is 9.69 Å². The highest BCUT2D eigenvalue weighted by atomic mass is 32.1. The Morgan fingerprint density at radius 2 is 2.00 bits per heavy atom. The number of likely N-dealkylation sites (tertiary alicyclic amines) is 1. The second-order valence-electron chi connectivity index (χ2n) is 6.38. The van der Waals surface area contributed by atoms with E-state index < -0.39 is 0 Å². The maximum Gasteiger partial charge on any atom is 0.260 e. The summed E-state index contributed by atoms with van der Waals surface area (Å²) in [6.07, 6.45) is 5.08. The third-order valence-electron chi connectivity index (χ3n) is 4.83. The number of aromatic nitrogens is 2. The second kappa shape index (κ2) is 6.78. The highest BCUT2D eigenvalue weighted by Crippen LogP contribution is 2.34. The topological polar surface area (TPSA) is 49.0 Å². The molecule has 4 nitrogen and oxygen atoms in total. The van der Waals surface area contributed by atoms with Crippen molar-refractivity contribution >= 4 is 32.9 Å². The molecule has 0 aromatic carbocycles. The van der Waals surface area contributed by atoms with Gasteiger partial charge >= 0.3 is 0 Å². The summed E-state index contributed by atoms with van der Waals surface area (Å²) in [7, 11) is 0. The predicted molar refractivity (Wildman–Crippen MR) is 102 cm³/mol. The lowest BCUT2D eigenvalue weighted by molar-refractivity contribution is 0.211. The molecule has 1 saturated heterocycles. The number of fused-ring (bicyclic) bond motifs is 1. The van der Waals surface area contributed by atoms with Crippen LogP contribution in [0, 0.1) is 0 Å². The minimum atomic E-state index is -0.0127. The molecule has 4 rings (SSSR count). The van der Waals surface area contributed by atoms with Crippen LogP contribution in [0.4, 0.5) is 0 Å². The molecule has 0 spiro atoms. The smallest absolute Gasteiger partial charge is 0.260 e. The van der Waals surface area contributed by atoms with Crippen LogP contribution in [0.2, 0.25) is 0 Å². The number of hydrogen-bond donors (Lipinski definition) is 1. The van der Waals surface area contributed by atoms with Gasteiger partial charge in [0.2, 0.25) is 0 Å². The number of rotatable bonds is 3. The molecule has 6 heteroatoms. The van der Waals surface area contributed by atoms with E-state index in [9.17, 15) is 4.79 Å². The molecule has 3 aromatic heterocycles. The summed E-state index contributed by atoms with van der Waals surface area (Å²) in [5.41, 5.74) is 0.994. The van der Waals surface area contributed by atoms with E-state index in [1.807, 2.05) is 11.4 Å².